The standard InChI is InChI=1S/C16H17Br.C9H13BO2.C7H6BrI/c1-2-3-13-4-8-15(9-5-13)16-10-6-14(12-17)7-11-16;1-2-3-8-4-6-9(7-5-8)10(11)12;8-5-6-1-3-7(9)4-2-6/h4-11H,2-3,12H2,1H3;4-7,11-12H,2-3H2,1H3;1-4H,5H2. The lowest BCUT2D eigenvalue weighted by molar-refractivity contribution is 0.426. The molecule has 4 aromatic rings. The average molecular weight is 750 g/mol. The molecule has 0 aromatic heterocycles. The molecule has 4 aromatic carbocycles. The predicted molar refractivity (Wildman–Crippen MR) is 181 cm³/mol. The molecule has 0 radical (unpaired) electrons. The minimum absolute atomic E-state index is 0.551. The van der Waals surface area contributed by atoms with E-state index in [4.69, 9.17) is 10.0 Å². The Kier molecular flexibility index (Phi) is 16.2. The van der Waals surface area contributed by atoms with E-state index in [2.05, 4.69) is 141 Å². The van der Waals surface area contributed by atoms with Crippen molar-refractivity contribution in [2.75, 3.05) is 0 Å². The summed E-state index contributed by atoms with van der Waals surface area (Å²) in [7, 11) is -1.35. The van der Waals surface area contributed by atoms with Gasteiger partial charge < -0.3 is 10.0 Å². The first-order valence-electron chi connectivity index (χ1n) is 12.9. The lowest BCUT2D eigenvalue weighted by Gasteiger charge is -2.04. The van der Waals surface area contributed by atoms with E-state index in [1.807, 2.05) is 12.1 Å². The molecule has 200 valence electrons. The largest absolute Gasteiger partial charge is 0.488 e. The molecule has 0 atom stereocenters. The van der Waals surface area contributed by atoms with Gasteiger partial charge in [-0.25, -0.2) is 0 Å². The zero-order valence-electron chi connectivity index (χ0n) is 22.1. The molecule has 0 aliphatic heterocycles. The van der Waals surface area contributed by atoms with Crippen LogP contribution in [0.3, 0.4) is 0 Å². The molecule has 4 rings (SSSR count). The van der Waals surface area contributed by atoms with Crippen LogP contribution >= 0.6 is 54.5 Å². The van der Waals surface area contributed by atoms with Gasteiger partial charge in [0.05, 0.1) is 0 Å². The Bertz CT molecular complexity index is 1160. The van der Waals surface area contributed by atoms with Gasteiger partial charge in [-0.15, -0.1) is 0 Å². The number of hydrogen-bond donors (Lipinski definition) is 2. The number of aryl methyl sites for hydroxylation is 2. The highest BCUT2D eigenvalue weighted by Crippen LogP contribution is 2.21. The third-order valence-electron chi connectivity index (χ3n) is 5.82. The zero-order valence-corrected chi connectivity index (χ0v) is 27.4. The van der Waals surface area contributed by atoms with E-state index in [1.54, 1.807) is 12.1 Å². The van der Waals surface area contributed by atoms with Crippen LogP contribution in [0.5, 0.6) is 0 Å². The third-order valence-corrected chi connectivity index (χ3v) is 7.83. The Morgan fingerprint density at radius 1 is 0.553 bits per heavy atom. The second-order valence-corrected chi connectivity index (χ2v) is 11.3. The molecule has 2 nitrogen and oxygen atoms in total. The van der Waals surface area contributed by atoms with E-state index in [1.165, 1.54) is 49.8 Å². The number of hydrogen-bond acceptors (Lipinski definition) is 2. The Balaban J connectivity index is 0.000000212. The molecular formula is C32H36BBr2IO2. The fourth-order valence-electron chi connectivity index (χ4n) is 3.66. The van der Waals surface area contributed by atoms with Gasteiger partial charge in [0.2, 0.25) is 0 Å². The maximum Gasteiger partial charge on any atom is 0.488 e. The molecule has 0 bridgehead atoms. The van der Waals surface area contributed by atoms with Crippen LogP contribution in [-0.2, 0) is 23.5 Å². The maximum absolute atomic E-state index is 8.80. The molecule has 38 heavy (non-hydrogen) atoms. The molecule has 0 unspecified atom stereocenters. The maximum atomic E-state index is 8.80. The molecule has 0 heterocycles. The summed E-state index contributed by atoms with van der Waals surface area (Å²) in [5.41, 5.74) is 8.44. The molecule has 6 heteroatoms. The quantitative estimate of drug-likeness (QED) is 0.108. The van der Waals surface area contributed by atoms with Crippen LogP contribution in [0.15, 0.2) is 97.1 Å². The predicted octanol–water partition coefficient (Wildman–Crippen LogP) is 8.71. The minimum atomic E-state index is -1.35. The Labute approximate surface area is 259 Å². The smallest absolute Gasteiger partial charge is 0.423 e. The molecule has 0 fully saturated rings. The van der Waals surface area contributed by atoms with E-state index in [-0.39, 0.29) is 0 Å². The van der Waals surface area contributed by atoms with E-state index in [0.29, 0.717) is 5.46 Å². The van der Waals surface area contributed by atoms with Crippen molar-refractivity contribution in [2.45, 2.75) is 50.2 Å². The van der Waals surface area contributed by atoms with Gasteiger partial charge in [-0.1, -0.05) is 143 Å². The molecule has 0 saturated heterocycles. The fourth-order valence-corrected chi connectivity index (χ4v) is 4.76. The summed E-state index contributed by atoms with van der Waals surface area (Å²) >= 11 is 9.14. The van der Waals surface area contributed by atoms with Gasteiger partial charge in [-0.05, 0) is 86.4 Å². The van der Waals surface area contributed by atoms with Gasteiger partial charge in [0.25, 0.3) is 0 Å². The monoisotopic (exact) mass is 748 g/mol. The minimum Gasteiger partial charge on any atom is -0.423 e. The summed E-state index contributed by atoms with van der Waals surface area (Å²) in [5, 5.41) is 19.5. The van der Waals surface area contributed by atoms with Crippen LogP contribution in [0.2, 0.25) is 0 Å². The van der Waals surface area contributed by atoms with Crippen molar-refractivity contribution in [3.63, 3.8) is 0 Å². The SMILES string of the molecule is BrCc1ccc(I)cc1.CCCc1ccc(-c2ccc(CBr)cc2)cc1.CCCc1ccc(B(O)O)cc1. The van der Waals surface area contributed by atoms with Crippen molar-refractivity contribution < 1.29 is 10.0 Å². The van der Waals surface area contributed by atoms with E-state index < -0.39 is 7.12 Å². The van der Waals surface area contributed by atoms with Gasteiger partial charge in [0, 0.05) is 14.2 Å². The molecule has 0 amide bonds. The summed E-state index contributed by atoms with van der Waals surface area (Å²) < 4.78 is 1.29. The van der Waals surface area contributed by atoms with E-state index in [9.17, 15) is 0 Å². The summed E-state index contributed by atoms with van der Waals surface area (Å²) in [6.45, 7) is 4.34. The number of halogens is 3. The van der Waals surface area contributed by atoms with Crippen LogP contribution in [-0.4, -0.2) is 17.2 Å². The zero-order chi connectivity index (χ0) is 27.8. The van der Waals surface area contributed by atoms with Gasteiger partial charge in [0.1, 0.15) is 0 Å². The van der Waals surface area contributed by atoms with Gasteiger partial charge in [-0.2, -0.15) is 0 Å². The molecule has 2 N–H and O–H groups in total. The summed E-state index contributed by atoms with van der Waals surface area (Å²) in [4.78, 5) is 0. The average Bonchev–Trinajstić information content (AvgIpc) is 2.95. The molecular weight excluding hydrogens is 714 g/mol. The highest BCUT2D eigenvalue weighted by atomic mass is 127. The van der Waals surface area contributed by atoms with Gasteiger partial charge in [-0.3, -0.25) is 0 Å². The Morgan fingerprint density at radius 3 is 1.24 bits per heavy atom. The first-order valence-corrected chi connectivity index (χ1v) is 16.2. The van der Waals surface area contributed by atoms with Gasteiger partial charge in [0.15, 0.2) is 0 Å². The number of alkyl halides is 2. The van der Waals surface area contributed by atoms with Crippen molar-refractivity contribution in [3.05, 3.63) is 123 Å². The highest BCUT2D eigenvalue weighted by Gasteiger charge is 2.09. The summed E-state index contributed by atoms with van der Waals surface area (Å²) in [5.74, 6) is 0. The Morgan fingerprint density at radius 2 is 0.895 bits per heavy atom. The number of rotatable bonds is 8. The summed E-state index contributed by atoms with van der Waals surface area (Å²) in [6, 6.07) is 33.4. The third kappa shape index (κ3) is 12.2. The van der Waals surface area contributed by atoms with Crippen LogP contribution in [0.4, 0.5) is 0 Å². The number of benzene rings is 4. The summed E-state index contributed by atoms with van der Waals surface area (Å²) in [6.07, 6.45) is 4.53. The second-order valence-electron chi connectivity index (χ2n) is 8.90. The molecule has 0 saturated carbocycles. The molecule has 0 spiro atoms. The first-order chi connectivity index (χ1) is 18.4. The normalized spacial score (nSPS) is 10.1. The van der Waals surface area contributed by atoms with Crippen molar-refractivity contribution in [3.8, 4) is 11.1 Å². The lowest BCUT2D eigenvalue weighted by Crippen LogP contribution is -2.29. The van der Waals surface area contributed by atoms with Crippen molar-refractivity contribution in [1.82, 2.24) is 0 Å². The van der Waals surface area contributed by atoms with E-state index in [0.717, 1.165) is 23.5 Å². The first kappa shape index (κ1) is 32.8. The van der Waals surface area contributed by atoms with Crippen molar-refractivity contribution >= 4 is 67.0 Å². The fraction of sp³-hybridized carbons (Fsp3) is 0.250. The van der Waals surface area contributed by atoms with E-state index >= 15 is 0 Å². The van der Waals surface area contributed by atoms with Crippen LogP contribution < -0.4 is 5.46 Å². The van der Waals surface area contributed by atoms with Gasteiger partial charge >= 0.3 is 7.12 Å². The van der Waals surface area contributed by atoms with Crippen molar-refractivity contribution in [2.24, 2.45) is 0 Å². The topological polar surface area (TPSA) is 40.5 Å². The van der Waals surface area contributed by atoms with Crippen molar-refractivity contribution in [1.29, 1.82) is 0 Å². The second kappa shape index (κ2) is 18.8. The molecule has 0 aliphatic carbocycles. The Hall–Kier alpha value is -1.45. The van der Waals surface area contributed by atoms with Crippen LogP contribution in [0.1, 0.15) is 48.9 Å². The molecule has 0 aliphatic rings. The van der Waals surface area contributed by atoms with Crippen LogP contribution in [0, 0.1) is 3.57 Å². The van der Waals surface area contributed by atoms with Crippen LogP contribution in [0.25, 0.3) is 11.1 Å². The lowest BCUT2D eigenvalue weighted by atomic mass is 9.80. The highest BCUT2D eigenvalue weighted by molar-refractivity contribution is 14.1.